The van der Waals surface area contributed by atoms with Crippen LogP contribution in [0, 0.1) is 0 Å². The van der Waals surface area contributed by atoms with Gasteiger partial charge in [0.1, 0.15) is 11.3 Å². The van der Waals surface area contributed by atoms with E-state index in [1.54, 1.807) is 23.8 Å². The number of aromatic nitrogens is 1. The zero-order valence-electron chi connectivity index (χ0n) is 17.1. The van der Waals surface area contributed by atoms with E-state index in [0.29, 0.717) is 28.9 Å². The van der Waals surface area contributed by atoms with Crippen molar-refractivity contribution in [2.45, 2.75) is 11.3 Å². The Hall–Kier alpha value is -1.51. The van der Waals surface area contributed by atoms with Gasteiger partial charge in [-0.05, 0) is 50.5 Å². The van der Waals surface area contributed by atoms with Gasteiger partial charge >= 0.3 is 0 Å². The van der Waals surface area contributed by atoms with Crippen LogP contribution in [0.3, 0.4) is 0 Å². The zero-order valence-corrected chi connectivity index (χ0v) is 20.3. The number of carbonyl (C=O) groups excluding carboxylic acids is 1. The lowest BCUT2D eigenvalue weighted by molar-refractivity contribution is -0.118. The number of amides is 1. The van der Waals surface area contributed by atoms with Gasteiger partial charge in [-0.25, -0.2) is 4.98 Å². The first kappa shape index (κ1) is 24.8. The highest BCUT2D eigenvalue weighted by molar-refractivity contribution is 7.99. The van der Waals surface area contributed by atoms with Crippen LogP contribution in [-0.2, 0) is 4.79 Å². The van der Waals surface area contributed by atoms with Gasteiger partial charge < -0.3 is 9.64 Å². The maximum atomic E-state index is 13.0. The van der Waals surface area contributed by atoms with E-state index in [0.717, 1.165) is 27.4 Å². The third-order valence-electron chi connectivity index (χ3n) is 4.29. The first-order valence-electron chi connectivity index (χ1n) is 9.25. The highest BCUT2D eigenvalue weighted by Gasteiger charge is 2.20. The summed E-state index contributed by atoms with van der Waals surface area (Å²) in [6.07, 6.45) is 0.438. The van der Waals surface area contributed by atoms with E-state index in [1.165, 1.54) is 11.3 Å². The minimum absolute atomic E-state index is 0. The highest BCUT2D eigenvalue weighted by Crippen LogP contribution is 2.34. The number of benzene rings is 2. The molecule has 0 bridgehead atoms. The van der Waals surface area contributed by atoms with Crippen molar-refractivity contribution >= 4 is 68.4 Å². The van der Waals surface area contributed by atoms with Gasteiger partial charge in [0.05, 0.1) is 11.8 Å². The summed E-state index contributed by atoms with van der Waals surface area (Å²) in [6, 6.07) is 13.5. The molecule has 0 saturated carbocycles. The summed E-state index contributed by atoms with van der Waals surface area (Å²) in [5.41, 5.74) is 0.799. The van der Waals surface area contributed by atoms with Crippen molar-refractivity contribution in [1.29, 1.82) is 0 Å². The molecule has 1 aromatic heterocycles. The summed E-state index contributed by atoms with van der Waals surface area (Å²) in [5.74, 6) is 1.50. The smallest absolute Gasteiger partial charge is 0.229 e. The molecule has 0 atom stereocenters. The summed E-state index contributed by atoms with van der Waals surface area (Å²) in [5, 5.41) is 1.43. The van der Waals surface area contributed by atoms with E-state index < -0.39 is 0 Å². The Bertz CT molecular complexity index is 965. The lowest BCUT2D eigenvalue weighted by atomic mass is 10.3. The molecule has 1 amide bonds. The number of para-hydroxylation sites is 1. The van der Waals surface area contributed by atoms with Crippen LogP contribution in [0.1, 0.15) is 6.42 Å². The first-order valence-corrected chi connectivity index (χ1v) is 11.4. The fourth-order valence-electron chi connectivity index (χ4n) is 2.74. The number of hydrogen-bond donors (Lipinski definition) is 0. The molecule has 0 unspecified atom stereocenters. The lowest BCUT2D eigenvalue weighted by Gasteiger charge is -2.22. The summed E-state index contributed by atoms with van der Waals surface area (Å²) in [4.78, 5) is 22.7. The maximum absolute atomic E-state index is 13.0. The van der Waals surface area contributed by atoms with Crippen LogP contribution in [-0.4, -0.2) is 55.8 Å². The standard InChI is InChI=1S/C21H24ClN3O2S2.ClH/c1-24(2)12-13-25(19(26)11-14-28-16-9-7-15(22)8-10-16)21-23-20-17(27-3)5-4-6-18(20)29-21;/h4-10H,11-14H2,1-3H3;1H. The summed E-state index contributed by atoms with van der Waals surface area (Å²) in [7, 11) is 5.64. The molecule has 162 valence electrons. The number of hydrogen-bond acceptors (Lipinski definition) is 6. The molecule has 0 fully saturated rings. The third kappa shape index (κ3) is 6.49. The molecule has 3 aromatic rings. The van der Waals surface area contributed by atoms with Gasteiger partial charge in [-0.3, -0.25) is 9.69 Å². The highest BCUT2D eigenvalue weighted by atomic mass is 35.5. The number of halogens is 2. The quantitative estimate of drug-likeness (QED) is 0.376. The van der Waals surface area contributed by atoms with E-state index >= 15 is 0 Å². The normalized spacial score (nSPS) is 10.8. The van der Waals surface area contributed by atoms with E-state index in [-0.39, 0.29) is 18.3 Å². The Kier molecular flexibility index (Phi) is 9.71. The Labute approximate surface area is 196 Å². The second-order valence-corrected chi connectivity index (χ2v) is 9.32. The topological polar surface area (TPSA) is 45.7 Å². The molecular weight excluding hydrogens is 461 g/mol. The van der Waals surface area contributed by atoms with Gasteiger partial charge in [0.25, 0.3) is 0 Å². The monoisotopic (exact) mass is 485 g/mol. The van der Waals surface area contributed by atoms with Crippen LogP contribution < -0.4 is 9.64 Å². The number of thiazole rings is 1. The molecule has 1 heterocycles. The zero-order chi connectivity index (χ0) is 20.8. The number of carbonyl (C=O) groups is 1. The molecule has 9 heteroatoms. The molecule has 30 heavy (non-hydrogen) atoms. The molecule has 0 aliphatic rings. The predicted octanol–water partition coefficient (Wildman–Crippen LogP) is 5.46. The molecule has 0 spiro atoms. The largest absolute Gasteiger partial charge is 0.494 e. The Morgan fingerprint density at radius 3 is 2.57 bits per heavy atom. The Balaban J connectivity index is 0.00000320. The minimum atomic E-state index is 0. The molecule has 0 aliphatic carbocycles. The van der Waals surface area contributed by atoms with Crippen molar-refractivity contribution in [1.82, 2.24) is 9.88 Å². The number of anilines is 1. The average Bonchev–Trinajstić information content (AvgIpc) is 3.13. The lowest BCUT2D eigenvalue weighted by Crippen LogP contribution is -2.36. The van der Waals surface area contributed by atoms with Gasteiger partial charge in [0.2, 0.25) is 5.91 Å². The predicted molar refractivity (Wildman–Crippen MR) is 131 cm³/mol. The molecule has 0 aliphatic heterocycles. The van der Waals surface area contributed by atoms with Crippen molar-refractivity contribution in [3.8, 4) is 5.75 Å². The number of ether oxygens (including phenoxy) is 1. The van der Waals surface area contributed by atoms with Crippen LogP contribution in [0.2, 0.25) is 5.02 Å². The first-order chi connectivity index (χ1) is 14.0. The van der Waals surface area contributed by atoms with E-state index in [9.17, 15) is 4.79 Å². The van der Waals surface area contributed by atoms with Crippen molar-refractivity contribution in [3.05, 3.63) is 47.5 Å². The van der Waals surface area contributed by atoms with Crippen LogP contribution in [0.4, 0.5) is 5.13 Å². The average molecular weight is 486 g/mol. The Morgan fingerprint density at radius 1 is 1.17 bits per heavy atom. The fraction of sp³-hybridized carbons (Fsp3) is 0.333. The van der Waals surface area contributed by atoms with Crippen molar-refractivity contribution in [2.75, 3.05) is 44.9 Å². The van der Waals surface area contributed by atoms with Crippen molar-refractivity contribution in [3.63, 3.8) is 0 Å². The second kappa shape index (κ2) is 11.8. The van der Waals surface area contributed by atoms with Crippen LogP contribution in [0.15, 0.2) is 47.4 Å². The van der Waals surface area contributed by atoms with Crippen molar-refractivity contribution < 1.29 is 9.53 Å². The molecule has 5 nitrogen and oxygen atoms in total. The van der Waals surface area contributed by atoms with Crippen LogP contribution in [0.25, 0.3) is 10.2 Å². The molecule has 0 N–H and O–H groups in total. The van der Waals surface area contributed by atoms with E-state index in [2.05, 4.69) is 4.90 Å². The van der Waals surface area contributed by atoms with Gasteiger partial charge in [-0.1, -0.05) is 29.0 Å². The van der Waals surface area contributed by atoms with Crippen LogP contribution >= 0.6 is 47.1 Å². The number of rotatable bonds is 9. The van der Waals surface area contributed by atoms with Crippen LogP contribution in [0.5, 0.6) is 5.75 Å². The van der Waals surface area contributed by atoms with E-state index in [4.69, 9.17) is 21.3 Å². The van der Waals surface area contributed by atoms with Gasteiger partial charge in [0.15, 0.2) is 5.13 Å². The Morgan fingerprint density at radius 2 is 1.90 bits per heavy atom. The SMILES string of the molecule is COc1cccc2sc(N(CCN(C)C)C(=O)CCSc3ccc(Cl)cc3)nc12.Cl. The minimum Gasteiger partial charge on any atom is -0.494 e. The number of methoxy groups -OCH3 is 1. The number of fused-ring (bicyclic) bond motifs is 1. The van der Waals surface area contributed by atoms with E-state index in [1.807, 2.05) is 56.6 Å². The maximum Gasteiger partial charge on any atom is 0.229 e. The molecule has 0 saturated heterocycles. The molecular formula is C21H25Cl2N3O2S2. The third-order valence-corrected chi connectivity index (χ3v) is 6.60. The van der Waals surface area contributed by atoms with Crippen molar-refractivity contribution in [2.24, 2.45) is 0 Å². The summed E-state index contributed by atoms with van der Waals surface area (Å²) >= 11 is 9.10. The number of thioether (sulfide) groups is 1. The molecule has 3 rings (SSSR count). The molecule has 0 radical (unpaired) electrons. The number of likely N-dealkylation sites (N-methyl/N-ethyl adjacent to an activating group) is 1. The second-order valence-electron chi connectivity index (χ2n) is 6.70. The fourth-order valence-corrected chi connectivity index (χ4v) is 4.73. The van der Waals surface area contributed by atoms with Gasteiger partial charge in [-0.2, -0.15) is 0 Å². The van der Waals surface area contributed by atoms with Gasteiger partial charge in [-0.15, -0.1) is 24.2 Å². The number of nitrogens with zero attached hydrogens (tertiary/aromatic N) is 3. The molecule has 2 aromatic carbocycles. The summed E-state index contributed by atoms with van der Waals surface area (Å²) in [6.45, 7) is 1.36. The van der Waals surface area contributed by atoms with Gasteiger partial charge in [0, 0.05) is 35.2 Å². The summed E-state index contributed by atoms with van der Waals surface area (Å²) < 4.78 is 6.43.